The van der Waals surface area contributed by atoms with Crippen molar-refractivity contribution in [1.82, 2.24) is 24.7 Å². The van der Waals surface area contributed by atoms with E-state index in [-0.39, 0.29) is 24.4 Å². The fourth-order valence-corrected chi connectivity index (χ4v) is 3.82. The summed E-state index contributed by atoms with van der Waals surface area (Å²) >= 11 is 12.1. The number of carbonyl (C=O) groups excluding carboxylic acids is 1. The van der Waals surface area contributed by atoms with Crippen LogP contribution in [-0.2, 0) is 18.4 Å². The molecule has 9 heteroatoms. The summed E-state index contributed by atoms with van der Waals surface area (Å²) in [7, 11) is 3.78. The molecule has 1 amide bonds. The van der Waals surface area contributed by atoms with Gasteiger partial charge >= 0.3 is 0 Å². The van der Waals surface area contributed by atoms with Crippen molar-refractivity contribution in [2.45, 2.75) is 12.6 Å². The number of aromatic nitrogens is 2. The molecular formula is C18H24Cl3N5O. The third-order valence-corrected chi connectivity index (χ3v) is 5.05. The lowest BCUT2D eigenvalue weighted by atomic mass is 10.1. The first kappa shape index (κ1) is 22.0. The number of nitrogens with zero attached hydrogens (tertiary/aromatic N) is 4. The molecule has 1 fully saturated rings. The zero-order valence-electron chi connectivity index (χ0n) is 15.4. The van der Waals surface area contributed by atoms with Gasteiger partial charge in [0.15, 0.2) is 0 Å². The van der Waals surface area contributed by atoms with Crippen molar-refractivity contribution < 1.29 is 4.79 Å². The van der Waals surface area contributed by atoms with Crippen molar-refractivity contribution in [2.75, 3.05) is 33.2 Å². The zero-order chi connectivity index (χ0) is 18.7. The average Bonchev–Trinajstić information content (AvgIpc) is 3.00. The number of amides is 1. The zero-order valence-corrected chi connectivity index (χ0v) is 17.7. The summed E-state index contributed by atoms with van der Waals surface area (Å²) in [5.74, 6) is 1.02. The van der Waals surface area contributed by atoms with Gasteiger partial charge in [-0.15, -0.1) is 12.4 Å². The van der Waals surface area contributed by atoms with Crippen LogP contribution in [0.3, 0.4) is 0 Å². The van der Waals surface area contributed by atoms with E-state index in [1.165, 1.54) is 0 Å². The number of benzene rings is 1. The first-order valence-corrected chi connectivity index (χ1v) is 9.30. The third-order valence-electron chi connectivity index (χ3n) is 4.62. The van der Waals surface area contributed by atoms with Crippen LogP contribution in [0.2, 0.25) is 10.0 Å². The molecule has 0 radical (unpaired) electrons. The molecule has 0 saturated carbocycles. The van der Waals surface area contributed by atoms with E-state index in [2.05, 4.69) is 15.2 Å². The van der Waals surface area contributed by atoms with Crippen LogP contribution < -0.4 is 5.32 Å². The second kappa shape index (κ2) is 9.75. The van der Waals surface area contributed by atoms with Gasteiger partial charge in [-0.2, -0.15) is 0 Å². The lowest BCUT2D eigenvalue weighted by Crippen LogP contribution is -2.50. The van der Waals surface area contributed by atoms with E-state index in [1.54, 1.807) is 24.2 Å². The van der Waals surface area contributed by atoms with Gasteiger partial charge in [0.05, 0.1) is 12.6 Å². The van der Waals surface area contributed by atoms with E-state index in [0.29, 0.717) is 23.1 Å². The first-order valence-electron chi connectivity index (χ1n) is 8.55. The van der Waals surface area contributed by atoms with Gasteiger partial charge in [-0.1, -0.05) is 23.2 Å². The lowest BCUT2D eigenvalue weighted by Gasteiger charge is -2.36. The summed E-state index contributed by atoms with van der Waals surface area (Å²) in [6.45, 7) is 3.27. The van der Waals surface area contributed by atoms with Crippen molar-refractivity contribution >= 4 is 41.5 Å². The van der Waals surface area contributed by atoms with Gasteiger partial charge in [0.2, 0.25) is 5.91 Å². The van der Waals surface area contributed by atoms with Crippen LogP contribution in [0.5, 0.6) is 0 Å². The molecule has 2 aromatic rings. The van der Waals surface area contributed by atoms with E-state index < -0.39 is 0 Å². The standard InChI is InChI=1S/C18H23Cl2N5O.ClH/c1-23-5-4-22-18(23)16-10-21-3-6-25(16)12-17(26)24(2)11-13-7-14(19)9-15(20)8-13;/h4-5,7-9,16,21H,3,6,10-12H2,1-2H3;1H. The van der Waals surface area contributed by atoms with Gasteiger partial charge in [0, 0.05) is 62.7 Å². The highest BCUT2D eigenvalue weighted by Gasteiger charge is 2.29. The highest BCUT2D eigenvalue weighted by Crippen LogP contribution is 2.22. The number of nitrogens with one attached hydrogen (secondary N) is 1. The maximum absolute atomic E-state index is 12.8. The molecule has 1 aliphatic heterocycles. The van der Waals surface area contributed by atoms with Gasteiger partial charge in [0.25, 0.3) is 0 Å². The third kappa shape index (κ3) is 5.59. The van der Waals surface area contributed by atoms with Crippen LogP contribution in [0, 0.1) is 0 Å². The Morgan fingerprint density at radius 1 is 1.33 bits per heavy atom. The topological polar surface area (TPSA) is 53.4 Å². The number of likely N-dealkylation sites (N-methyl/N-ethyl adjacent to an activating group) is 1. The van der Waals surface area contributed by atoms with Crippen molar-refractivity contribution in [3.8, 4) is 0 Å². The molecule has 27 heavy (non-hydrogen) atoms. The molecule has 0 bridgehead atoms. The molecule has 6 nitrogen and oxygen atoms in total. The Kier molecular flexibility index (Phi) is 7.94. The Balaban J connectivity index is 0.00000261. The second-order valence-electron chi connectivity index (χ2n) is 6.61. The van der Waals surface area contributed by atoms with Gasteiger partial charge in [-0.05, 0) is 23.8 Å². The molecule has 1 aromatic heterocycles. The number of halogens is 3. The molecule has 1 saturated heterocycles. The van der Waals surface area contributed by atoms with Crippen molar-refractivity contribution in [1.29, 1.82) is 0 Å². The normalized spacial score (nSPS) is 17.4. The van der Waals surface area contributed by atoms with Crippen LogP contribution in [0.1, 0.15) is 17.4 Å². The van der Waals surface area contributed by atoms with E-state index >= 15 is 0 Å². The fourth-order valence-electron chi connectivity index (χ4n) is 3.25. The minimum atomic E-state index is 0. The molecule has 1 aromatic carbocycles. The number of imidazole rings is 1. The molecule has 148 valence electrons. The van der Waals surface area contributed by atoms with E-state index in [9.17, 15) is 4.79 Å². The van der Waals surface area contributed by atoms with Gasteiger partial charge in [0.1, 0.15) is 5.82 Å². The van der Waals surface area contributed by atoms with E-state index in [1.807, 2.05) is 29.9 Å². The van der Waals surface area contributed by atoms with Crippen LogP contribution in [0.4, 0.5) is 0 Å². The van der Waals surface area contributed by atoms with Gasteiger partial charge in [-0.25, -0.2) is 4.98 Å². The Morgan fingerprint density at radius 2 is 2.04 bits per heavy atom. The van der Waals surface area contributed by atoms with Crippen LogP contribution in [0.25, 0.3) is 0 Å². The maximum Gasteiger partial charge on any atom is 0.236 e. The lowest BCUT2D eigenvalue weighted by molar-refractivity contribution is -0.132. The van der Waals surface area contributed by atoms with Crippen LogP contribution in [-0.4, -0.2) is 58.5 Å². The monoisotopic (exact) mass is 431 g/mol. The number of rotatable bonds is 5. The summed E-state index contributed by atoms with van der Waals surface area (Å²) in [4.78, 5) is 21.1. The molecule has 1 unspecified atom stereocenters. The summed E-state index contributed by atoms with van der Waals surface area (Å²) in [5.41, 5.74) is 0.916. The van der Waals surface area contributed by atoms with Crippen LogP contribution >= 0.6 is 35.6 Å². The van der Waals surface area contributed by atoms with Gasteiger partial charge in [-0.3, -0.25) is 9.69 Å². The quantitative estimate of drug-likeness (QED) is 0.789. The largest absolute Gasteiger partial charge is 0.340 e. The Hall–Kier alpha value is -1.31. The summed E-state index contributed by atoms with van der Waals surface area (Å²) < 4.78 is 2.01. The number of carbonyl (C=O) groups is 1. The highest BCUT2D eigenvalue weighted by molar-refractivity contribution is 6.34. The molecule has 3 rings (SSSR count). The smallest absolute Gasteiger partial charge is 0.236 e. The Labute approximate surface area is 175 Å². The molecule has 1 N–H and O–H groups in total. The Bertz CT molecular complexity index is 762. The van der Waals surface area contributed by atoms with E-state index in [0.717, 1.165) is 31.0 Å². The number of piperazine rings is 1. The second-order valence-corrected chi connectivity index (χ2v) is 7.49. The fraction of sp³-hybridized carbons (Fsp3) is 0.444. The number of aryl methyl sites for hydroxylation is 1. The first-order chi connectivity index (χ1) is 12.4. The maximum atomic E-state index is 12.8. The predicted octanol–water partition coefficient (Wildman–Crippen LogP) is 2.75. The summed E-state index contributed by atoms with van der Waals surface area (Å²) in [6, 6.07) is 5.44. The molecule has 1 aliphatic rings. The Morgan fingerprint density at radius 3 is 2.67 bits per heavy atom. The van der Waals surface area contributed by atoms with Crippen molar-refractivity contribution in [3.05, 3.63) is 52.0 Å². The molecule has 1 atom stereocenters. The summed E-state index contributed by atoms with van der Waals surface area (Å²) in [5, 5.41) is 4.53. The van der Waals surface area contributed by atoms with Gasteiger partial charge < -0.3 is 14.8 Å². The molecular weight excluding hydrogens is 409 g/mol. The number of hydrogen-bond acceptors (Lipinski definition) is 4. The van der Waals surface area contributed by atoms with Crippen molar-refractivity contribution in [2.24, 2.45) is 7.05 Å². The van der Waals surface area contributed by atoms with E-state index in [4.69, 9.17) is 23.2 Å². The van der Waals surface area contributed by atoms with Crippen molar-refractivity contribution in [3.63, 3.8) is 0 Å². The SMILES string of the molecule is CN(Cc1cc(Cl)cc(Cl)c1)C(=O)CN1CCNCC1c1nccn1C.Cl. The highest BCUT2D eigenvalue weighted by atomic mass is 35.5. The predicted molar refractivity (Wildman–Crippen MR) is 111 cm³/mol. The number of hydrogen-bond donors (Lipinski definition) is 1. The summed E-state index contributed by atoms with van der Waals surface area (Å²) in [6.07, 6.45) is 3.72. The minimum Gasteiger partial charge on any atom is -0.340 e. The molecule has 2 heterocycles. The van der Waals surface area contributed by atoms with Crippen LogP contribution in [0.15, 0.2) is 30.6 Å². The minimum absolute atomic E-state index is 0. The molecule has 0 aliphatic carbocycles. The average molecular weight is 433 g/mol. The molecule has 0 spiro atoms.